The van der Waals surface area contributed by atoms with E-state index in [0.717, 1.165) is 39.8 Å². The highest BCUT2D eigenvalue weighted by molar-refractivity contribution is 6.06. The lowest BCUT2D eigenvalue weighted by Crippen LogP contribution is -2.09. The van der Waals surface area contributed by atoms with Crippen molar-refractivity contribution in [3.8, 4) is 16.9 Å². The second-order valence-corrected chi connectivity index (χ2v) is 8.21. The van der Waals surface area contributed by atoms with E-state index in [1.54, 1.807) is 20.3 Å². The Morgan fingerprint density at radius 2 is 1.86 bits per heavy atom. The highest BCUT2D eigenvalue weighted by Crippen LogP contribution is 2.40. The molecular formula is C27H23FN2O5. The Balaban J connectivity index is 1.73. The number of nitrogens with one attached hydrogen (secondary N) is 1. The number of carbonyl (C=O) groups is 1. The third-order valence-electron chi connectivity index (χ3n) is 5.79. The Labute approximate surface area is 201 Å². The zero-order chi connectivity index (χ0) is 25.3. The highest BCUT2D eigenvalue weighted by Gasteiger charge is 2.19. The predicted octanol–water partition coefficient (Wildman–Crippen LogP) is 6.81. The van der Waals surface area contributed by atoms with Crippen molar-refractivity contribution >= 4 is 33.8 Å². The van der Waals surface area contributed by atoms with Crippen LogP contribution in [-0.4, -0.2) is 17.9 Å². The number of ether oxygens (including phenoxy) is 1. The molecule has 1 heterocycles. The summed E-state index contributed by atoms with van der Waals surface area (Å²) in [7, 11) is 1.55. The summed E-state index contributed by atoms with van der Waals surface area (Å²) < 4.78 is 25.1. The number of furan rings is 1. The van der Waals surface area contributed by atoms with Crippen LogP contribution in [0.25, 0.3) is 27.7 Å². The molecule has 0 saturated carbocycles. The van der Waals surface area contributed by atoms with E-state index in [1.807, 2.05) is 44.2 Å². The average Bonchev–Trinajstić information content (AvgIpc) is 3.25. The number of nitrogens with zero attached hydrogens (tertiary/aromatic N) is 1. The molecule has 1 aromatic heterocycles. The van der Waals surface area contributed by atoms with Crippen LogP contribution in [-0.2, 0) is 4.79 Å². The number of nitro benzene ring substituents is 1. The number of methoxy groups -OCH3 is 1. The molecule has 0 aliphatic carbocycles. The molecule has 0 radical (unpaired) electrons. The van der Waals surface area contributed by atoms with Crippen LogP contribution >= 0.6 is 0 Å². The molecule has 0 bridgehead atoms. The van der Waals surface area contributed by atoms with Crippen molar-refractivity contribution in [1.29, 1.82) is 0 Å². The molecule has 3 aromatic carbocycles. The zero-order valence-corrected chi connectivity index (χ0v) is 19.6. The standard InChI is InChI=1S/C27H23FN2O5/c1-15-5-7-18(8-6-15)22-14-35-27-17(3)26(34-4)20(13-21(22)27)16(2)11-25(31)29-19-9-10-23(28)24(12-19)30(32)33/h5-14H,1-4H3,(H,29,31)/b16-11+. The molecule has 0 saturated heterocycles. The van der Waals surface area contributed by atoms with Crippen LogP contribution in [0.3, 0.4) is 0 Å². The van der Waals surface area contributed by atoms with Gasteiger partial charge in [-0.1, -0.05) is 29.8 Å². The van der Waals surface area contributed by atoms with Crippen LogP contribution in [0.5, 0.6) is 5.75 Å². The first-order valence-electron chi connectivity index (χ1n) is 10.8. The summed E-state index contributed by atoms with van der Waals surface area (Å²) in [6, 6.07) is 13.2. The van der Waals surface area contributed by atoms with Gasteiger partial charge >= 0.3 is 5.69 Å². The first-order chi connectivity index (χ1) is 16.7. The number of amides is 1. The number of hydrogen-bond donors (Lipinski definition) is 1. The molecule has 0 aliphatic heterocycles. The van der Waals surface area contributed by atoms with Crippen molar-refractivity contribution in [1.82, 2.24) is 0 Å². The maximum absolute atomic E-state index is 13.6. The van der Waals surface area contributed by atoms with Crippen LogP contribution in [0.4, 0.5) is 15.8 Å². The number of fused-ring (bicyclic) bond motifs is 1. The number of aryl methyl sites for hydroxylation is 2. The van der Waals surface area contributed by atoms with Gasteiger partial charge in [0.1, 0.15) is 11.3 Å². The molecule has 1 amide bonds. The minimum Gasteiger partial charge on any atom is -0.496 e. The molecule has 178 valence electrons. The van der Waals surface area contributed by atoms with Crippen LogP contribution in [0.2, 0.25) is 0 Å². The summed E-state index contributed by atoms with van der Waals surface area (Å²) in [6.45, 7) is 5.67. The maximum atomic E-state index is 13.6. The molecule has 7 nitrogen and oxygen atoms in total. The smallest absolute Gasteiger partial charge is 0.306 e. The fraction of sp³-hybridized carbons (Fsp3) is 0.148. The van der Waals surface area contributed by atoms with Crippen molar-refractivity contribution in [3.05, 3.63) is 93.5 Å². The number of carbonyl (C=O) groups excluding carboxylic acids is 1. The quantitative estimate of drug-likeness (QED) is 0.188. The largest absolute Gasteiger partial charge is 0.496 e. The van der Waals surface area contributed by atoms with Gasteiger partial charge in [0.15, 0.2) is 0 Å². The van der Waals surface area contributed by atoms with Gasteiger partial charge in [0.05, 0.1) is 18.3 Å². The van der Waals surface area contributed by atoms with E-state index in [1.165, 1.54) is 12.1 Å². The van der Waals surface area contributed by atoms with Gasteiger partial charge in [0.2, 0.25) is 11.7 Å². The molecule has 0 atom stereocenters. The number of rotatable bonds is 6. The first-order valence-corrected chi connectivity index (χ1v) is 10.8. The number of nitro groups is 1. The van der Waals surface area contributed by atoms with E-state index >= 15 is 0 Å². The Morgan fingerprint density at radius 1 is 1.14 bits per heavy atom. The lowest BCUT2D eigenvalue weighted by molar-refractivity contribution is -0.387. The fourth-order valence-electron chi connectivity index (χ4n) is 4.01. The number of halogens is 1. The zero-order valence-electron chi connectivity index (χ0n) is 19.6. The van der Waals surface area contributed by atoms with Gasteiger partial charge in [0.25, 0.3) is 0 Å². The van der Waals surface area contributed by atoms with E-state index < -0.39 is 22.3 Å². The molecule has 35 heavy (non-hydrogen) atoms. The van der Waals surface area contributed by atoms with Crippen molar-refractivity contribution in [2.24, 2.45) is 0 Å². The van der Waals surface area contributed by atoms with E-state index in [4.69, 9.17) is 9.15 Å². The average molecular weight is 474 g/mol. The Morgan fingerprint density at radius 3 is 2.51 bits per heavy atom. The van der Waals surface area contributed by atoms with Crippen LogP contribution in [0.15, 0.2) is 65.3 Å². The SMILES string of the molecule is COc1c(/C(C)=C/C(=O)Nc2ccc(F)c([N+](=O)[O-])c2)cc2c(-c3ccc(C)cc3)coc2c1C. The molecule has 0 aliphatic rings. The summed E-state index contributed by atoms with van der Waals surface area (Å²) >= 11 is 0. The summed E-state index contributed by atoms with van der Waals surface area (Å²) in [5.41, 5.74) is 5.26. The van der Waals surface area contributed by atoms with Crippen molar-refractivity contribution in [3.63, 3.8) is 0 Å². The van der Waals surface area contributed by atoms with Crippen LogP contribution in [0, 0.1) is 29.8 Å². The second-order valence-electron chi connectivity index (χ2n) is 8.21. The van der Waals surface area contributed by atoms with E-state index in [2.05, 4.69) is 5.32 Å². The van der Waals surface area contributed by atoms with Gasteiger partial charge in [-0.3, -0.25) is 14.9 Å². The van der Waals surface area contributed by atoms with E-state index in [-0.39, 0.29) is 5.69 Å². The normalized spacial score (nSPS) is 11.5. The first kappa shape index (κ1) is 23.7. The number of anilines is 1. The minimum atomic E-state index is -0.974. The Kier molecular flexibility index (Phi) is 6.38. The molecule has 8 heteroatoms. The molecule has 0 fully saturated rings. The highest BCUT2D eigenvalue weighted by atomic mass is 19.1. The van der Waals surface area contributed by atoms with E-state index in [0.29, 0.717) is 22.5 Å². The molecule has 4 rings (SSSR count). The van der Waals surface area contributed by atoms with Crippen LogP contribution in [0.1, 0.15) is 23.6 Å². The van der Waals surface area contributed by atoms with Gasteiger partial charge in [-0.15, -0.1) is 0 Å². The number of allylic oxidation sites excluding steroid dienone is 1. The van der Waals surface area contributed by atoms with Gasteiger partial charge in [-0.25, -0.2) is 0 Å². The van der Waals surface area contributed by atoms with E-state index in [9.17, 15) is 19.3 Å². The van der Waals surface area contributed by atoms with Gasteiger partial charge in [0, 0.05) is 39.9 Å². The summed E-state index contributed by atoms with van der Waals surface area (Å²) in [6.07, 6.45) is 3.07. The lowest BCUT2D eigenvalue weighted by atomic mass is 9.96. The van der Waals surface area contributed by atoms with Crippen LogP contribution < -0.4 is 10.1 Å². The lowest BCUT2D eigenvalue weighted by Gasteiger charge is -2.13. The third-order valence-corrected chi connectivity index (χ3v) is 5.79. The van der Waals surface area contributed by atoms with Crippen molar-refractivity contribution in [2.75, 3.05) is 12.4 Å². The van der Waals surface area contributed by atoms with Gasteiger partial charge in [-0.2, -0.15) is 4.39 Å². The molecular weight excluding hydrogens is 451 g/mol. The Hall–Kier alpha value is -4.46. The Bertz CT molecular complexity index is 1490. The molecule has 1 N–H and O–H groups in total. The molecule has 4 aromatic rings. The monoisotopic (exact) mass is 474 g/mol. The second kappa shape index (κ2) is 9.42. The van der Waals surface area contributed by atoms with Gasteiger partial charge in [-0.05, 0) is 50.1 Å². The number of benzene rings is 3. The third kappa shape index (κ3) is 4.63. The summed E-state index contributed by atoms with van der Waals surface area (Å²) in [4.78, 5) is 22.8. The molecule has 0 spiro atoms. The fourth-order valence-corrected chi connectivity index (χ4v) is 4.01. The maximum Gasteiger partial charge on any atom is 0.306 e. The van der Waals surface area contributed by atoms with Crippen molar-refractivity contribution in [2.45, 2.75) is 20.8 Å². The number of hydrogen-bond acceptors (Lipinski definition) is 5. The molecule has 0 unspecified atom stereocenters. The summed E-state index contributed by atoms with van der Waals surface area (Å²) in [5, 5.41) is 14.4. The summed E-state index contributed by atoms with van der Waals surface area (Å²) in [5.74, 6) is -0.923. The predicted molar refractivity (Wildman–Crippen MR) is 133 cm³/mol. The topological polar surface area (TPSA) is 94.6 Å². The van der Waals surface area contributed by atoms with Gasteiger partial charge < -0.3 is 14.5 Å². The van der Waals surface area contributed by atoms with Crippen molar-refractivity contribution < 1.29 is 23.3 Å². The minimum absolute atomic E-state index is 0.113.